The molecule has 362 valence electrons. The van der Waals surface area contributed by atoms with Crippen LogP contribution in [0.1, 0.15) is 132 Å². The molecule has 2 saturated heterocycles. The summed E-state index contributed by atoms with van der Waals surface area (Å²) in [7, 11) is 1.58. The predicted octanol–water partition coefficient (Wildman–Crippen LogP) is 6.19. The second-order valence-electron chi connectivity index (χ2n) is 20.0. The van der Waals surface area contributed by atoms with E-state index < -0.39 is 84.4 Å². The molecule has 0 aromatic carbocycles. The number of ketones is 2. The summed E-state index contributed by atoms with van der Waals surface area (Å²) in [4.78, 5) is 57.6. The zero-order valence-electron chi connectivity index (χ0n) is 39.9. The third-order valence-electron chi connectivity index (χ3n) is 14.7. The fourth-order valence-corrected chi connectivity index (χ4v) is 10.5. The fourth-order valence-electron chi connectivity index (χ4n) is 10.5. The van der Waals surface area contributed by atoms with E-state index in [-0.39, 0.29) is 48.5 Å². The molecule has 1 saturated carbocycles. The van der Waals surface area contributed by atoms with Gasteiger partial charge in [0.1, 0.15) is 17.9 Å². The predicted molar refractivity (Wildman–Crippen MR) is 244 cm³/mol. The quantitative estimate of drug-likeness (QED) is 0.115. The first kappa shape index (κ1) is 53.6. The van der Waals surface area contributed by atoms with Crippen LogP contribution in [0.25, 0.3) is 0 Å². The molecule has 4 aliphatic rings. The van der Waals surface area contributed by atoms with Crippen LogP contribution in [0, 0.1) is 47.3 Å². The number of esters is 1. The molecular weight excluding hydrogens is 819 g/mol. The molecular formula is C51H81NO12. The Balaban J connectivity index is 1.67. The average Bonchev–Trinajstić information content (AvgIpc) is 3.27. The molecule has 3 heterocycles. The van der Waals surface area contributed by atoms with E-state index in [1.165, 1.54) is 4.90 Å². The lowest BCUT2D eigenvalue weighted by atomic mass is 9.75. The first-order chi connectivity index (χ1) is 30.3. The Bertz CT molecular complexity index is 1670. The lowest BCUT2D eigenvalue weighted by Gasteiger charge is -2.42. The number of ether oxygens (including phenoxy) is 3. The van der Waals surface area contributed by atoms with Crippen molar-refractivity contribution < 1.29 is 58.9 Å². The summed E-state index contributed by atoms with van der Waals surface area (Å²) in [5.74, 6) is -7.61. The summed E-state index contributed by atoms with van der Waals surface area (Å²) >= 11 is 0. The number of aliphatic hydroxyl groups excluding tert-OH is 4. The summed E-state index contributed by atoms with van der Waals surface area (Å²) in [6.07, 6.45) is 15.2. The number of amides is 1. The van der Waals surface area contributed by atoms with Gasteiger partial charge in [-0.05, 0) is 126 Å². The molecule has 3 fully saturated rings. The highest BCUT2D eigenvalue weighted by Gasteiger charge is 2.53. The van der Waals surface area contributed by atoms with Crippen molar-refractivity contribution in [3.63, 3.8) is 0 Å². The van der Waals surface area contributed by atoms with Crippen LogP contribution < -0.4 is 0 Å². The molecule has 4 rings (SSSR count). The molecule has 0 aromatic heterocycles. The summed E-state index contributed by atoms with van der Waals surface area (Å²) in [5, 5.41) is 54.1. The van der Waals surface area contributed by atoms with E-state index in [1.807, 2.05) is 71.1 Å². The standard InChI is InChI=1S/C51H81NO12/c1-31-14-10-9-11-15-33(3)45(62-8)28-40-20-18-37(7)51(61,64-40)48(58)49(59)52-23-13-12-16-42(52)50(60)63-44(34(4)26-38-19-21-43(55)39(27-38)29-53)22-17-32(2)25-36(6)47(57)41(30-54)46(56)35(5)24-31/h9-11,14-15,25,31-32,34-35,37-45,47,53-55,57,61H,12-13,16-24,26-30H2,1-8H3/b11-9+,14-10+,33-15+,36-25+/t31-,32+,34-,35-,37-,38+,39+,40+,41+,42+,43-,44+,45+,47-,51-/m1/s1. The van der Waals surface area contributed by atoms with Gasteiger partial charge in [-0.25, -0.2) is 4.79 Å². The molecule has 2 bridgehead atoms. The molecule has 0 unspecified atom stereocenters. The molecule has 3 aliphatic heterocycles. The van der Waals surface area contributed by atoms with Crippen LogP contribution in [0.5, 0.6) is 0 Å². The van der Waals surface area contributed by atoms with E-state index in [1.54, 1.807) is 21.0 Å². The minimum absolute atomic E-state index is 0.0368. The van der Waals surface area contributed by atoms with Crippen molar-refractivity contribution in [3.8, 4) is 0 Å². The van der Waals surface area contributed by atoms with Gasteiger partial charge in [0.05, 0.1) is 36.9 Å². The van der Waals surface area contributed by atoms with Crippen LogP contribution in [0.2, 0.25) is 0 Å². The summed E-state index contributed by atoms with van der Waals surface area (Å²) < 4.78 is 18.4. The lowest BCUT2D eigenvalue weighted by molar-refractivity contribution is -0.265. The molecule has 0 spiro atoms. The van der Waals surface area contributed by atoms with Gasteiger partial charge in [0, 0.05) is 44.4 Å². The number of cyclic esters (lactones) is 1. The van der Waals surface area contributed by atoms with Crippen molar-refractivity contribution in [2.75, 3.05) is 26.9 Å². The van der Waals surface area contributed by atoms with Crippen molar-refractivity contribution >= 4 is 23.4 Å². The minimum Gasteiger partial charge on any atom is -0.461 e. The normalized spacial score (nSPS) is 40.8. The van der Waals surface area contributed by atoms with Gasteiger partial charge in [0.2, 0.25) is 5.79 Å². The highest BCUT2D eigenvalue weighted by Crippen LogP contribution is 2.38. The van der Waals surface area contributed by atoms with E-state index in [4.69, 9.17) is 14.2 Å². The van der Waals surface area contributed by atoms with E-state index >= 15 is 0 Å². The van der Waals surface area contributed by atoms with Gasteiger partial charge in [-0.1, -0.05) is 71.1 Å². The third-order valence-corrected chi connectivity index (χ3v) is 14.7. The number of carbonyl (C=O) groups is 4. The first-order valence-corrected chi connectivity index (χ1v) is 24.1. The molecule has 13 nitrogen and oxygen atoms in total. The highest BCUT2D eigenvalue weighted by atomic mass is 16.6. The number of rotatable bonds is 6. The van der Waals surface area contributed by atoms with Gasteiger partial charge >= 0.3 is 5.97 Å². The number of Topliss-reactive ketones (excluding diaryl/α,β-unsaturated/α-hetero) is 2. The SMILES string of the molecule is CO[C@H]1C[C@@H]2CC[C@@H](C)[C@@](O)(O2)C(=O)C(=O)N2CCCC[C@H]2C(=O)O[C@H]([C@H](C)C[C@@H]2CC[C@@H](O)[C@H](CO)C2)CC[C@H](C)/C=C(\C)[C@@H](O)[C@@H](CO)C(=O)[C@H](C)C[C@H](C)/C=C/C=C/C=C/1C. The van der Waals surface area contributed by atoms with Crippen LogP contribution in [-0.2, 0) is 33.4 Å². The van der Waals surface area contributed by atoms with Crippen molar-refractivity contribution in [3.05, 3.63) is 47.6 Å². The van der Waals surface area contributed by atoms with Gasteiger partial charge in [0.15, 0.2) is 0 Å². The second-order valence-corrected chi connectivity index (χ2v) is 20.0. The average molecular weight is 900 g/mol. The van der Waals surface area contributed by atoms with Crippen LogP contribution in [0.4, 0.5) is 0 Å². The van der Waals surface area contributed by atoms with Crippen molar-refractivity contribution in [1.82, 2.24) is 4.90 Å². The maximum absolute atomic E-state index is 14.3. The number of methoxy groups -OCH3 is 1. The Morgan fingerprint density at radius 1 is 0.844 bits per heavy atom. The molecule has 15 atom stereocenters. The van der Waals surface area contributed by atoms with Crippen LogP contribution >= 0.6 is 0 Å². The number of carbonyl (C=O) groups excluding carboxylic acids is 4. The van der Waals surface area contributed by atoms with E-state index in [0.717, 1.165) is 12.0 Å². The summed E-state index contributed by atoms with van der Waals surface area (Å²) in [6, 6.07) is -1.04. The second kappa shape index (κ2) is 25.2. The molecule has 0 aromatic rings. The highest BCUT2D eigenvalue weighted by molar-refractivity contribution is 6.39. The largest absolute Gasteiger partial charge is 0.461 e. The molecule has 0 radical (unpaired) electrons. The number of allylic oxidation sites excluding steroid dienone is 6. The number of hydrogen-bond acceptors (Lipinski definition) is 12. The Hall–Kier alpha value is -3.04. The van der Waals surface area contributed by atoms with Crippen LogP contribution in [-0.4, -0.2) is 123 Å². The van der Waals surface area contributed by atoms with Gasteiger partial charge < -0.3 is 44.6 Å². The number of nitrogens with zero attached hydrogens (tertiary/aromatic N) is 1. The number of hydrogen-bond donors (Lipinski definition) is 5. The smallest absolute Gasteiger partial charge is 0.329 e. The van der Waals surface area contributed by atoms with Gasteiger partial charge in [-0.2, -0.15) is 0 Å². The monoisotopic (exact) mass is 900 g/mol. The van der Waals surface area contributed by atoms with Crippen molar-refractivity contribution in [2.45, 2.75) is 174 Å². The van der Waals surface area contributed by atoms with E-state index in [2.05, 4.69) is 0 Å². The van der Waals surface area contributed by atoms with Crippen molar-refractivity contribution in [2.24, 2.45) is 47.3 Å². The third kappa shape index (κ3) is 14.2. The zero-order valence-corrected chi connectivity index (χ0v) is 39.9. The maximum atomic E-state index is 14.3. The molecule has 1 amide bonds. The van der Waals surface area contributed by atoms with Gasteiger partial charge in [0.25, 0.3) is 11.7 Å². The Kier molecular flexibility index (Phi) is 21.1. The summed E-state index contributed by atoms with van der Waals surface area (Å²) in [5.41, 5.74) is 1.45. The number of fused-ring (bicyclic) bond motifs is 3. The minimum atomic E-state index is -2.39. The molecule has 1 aliphatic carbocycles. The zero-order chi connectivity index (χ0) is 47.3. The number of aliphatic hydroxyl groups is 5. The van der Waals surface area contributed by atoms with Crippen LogP contribution in [0.15, 0.2) is 47.6 Å². The van der Waals surface area contributed by atoms with E-state index in [0.29, 0.717) is 82.6 Å². The molecule has 5 N–H and O–H groups in total. The Labute approximate surface area is 382 Å². The first-order valence-electron chi connectivity index (χ1n) is 24.1. The Morgan fingerprint density at radius 2 is 1.58 bits per heavy atom. The molecule has 13 heteroatoms. The lowest BCUT2D eigenvalue weighted by Crippen LogP contribution is -2.61. The van der Waals surface area contributed by atoms with Gasteiger partial charge in [-0.3, -0.25) is 14.4 Å². The van der Waals surface area contributed by atoms with E-state index in [9.17, 15) is 44.7 Å². The van der Waals surface area contributed by atoms with Crippen LogP contribution in [0.3, 0.4) is 0 Å². The summed E-state index contributed by atoms with van der Waals surface area (Å²) in [6.45, 7) is 12.8. The van der Waals surface area contributed by atoms with Gasteiger partial charge in [-0.15, -0.1) is 0 Å². The van der Waals surface area contributed by atoms with Crippen molar-refractivity contribution in [1.29, 1.82) is 0 Å². The fraction of sp³-hybridized carbons (Fsp3) is 0.765. The number of piperidine rings is 1. The Morgan fingerprint density at radius 3 is 2.27 bits per heavy atom. The molecule has 64 heavy (non-hydrogen) atoms. The topological polar surface area (TPSA) is 200 Å². The maximum Gasteiger partial charge on any atom is 0.329 e.